The van der Waals surface area contributed by atoms with Gasteiger partial charge in [0.15, 0.2) is 0 Å². The first kappa shape index (κ1) is 10.3. The van der Waals surface area contributed by atoms with Crippen LogP contribution in [0.4, 0.5) is 13.2 Å². The van der Waals surface area contributed by atoms with E-state index in [0.717, 1.165) is 14.0 Å². The summed E-state index contributed by atoms with van der Waals surface area (Å²) in [5, 5.41) is 0. The number of carbonyl (C=O) groups is 1. The first-order valence-corrected chi connectivity index (χ1v) is 3.01. The summed E-state index contributed by atoms with van der Waals surface area (Å²) in [6, 6.07) is 0. The molecule has 0 aromatic rings. The fraction of sp³-hybridized carbons (Fsp3) is 0.833. The number of hydrogen-bond donors (Lipinski definition) is 0. The summed E-state index contributed by atoms with van der Waals surface area (Å²) >= 11 is 0. The van der Waals surface area contributed by atoms with Crippen molar-refractivity contribution in [2.75, 3.05) is 7.11 Å². The minimum absolute atomic E-state index is 0.611. The van der Waals surface area contributed by atoms with E-state index < -0.39 is 24.5 Å². The van der Waals surface area contributed by atoms with Crippen LogP contribution in [0.25, 0.3) is 0 Å². The van der Waals surface area contributed by atoms with Gasteiger partial charge in [-0.3, -0.25) is 4.79 Å². The smallest absolute Gasteiger partial charge is 0.392 e. The van der Waals surface area contributed by atoms with Crippen molar-refractivity contribution in [3.05, 3.63) is 0 Å². The van der Waals surface area contributed by atoms with Crippen molar-refractivity contribution < 1.29 is 22.7 Å². The number of esters is 1. The average Bonchev–Trinajstić information content (AvgIpc) is 1.85. The Hall–Kier alpha value is -0.740. The Morgan fingerprint density at radius 2 is 2.00 bits per heavy atom. The molecule has 0 heterocycles. The van der Waals surface area contributed by atoms with Crippen LogP contribution in [0.3, 0.4) is 0 Å². The Morgan fingerprint density at radius 1 is 1.55 bits per heavy atom. The summed E-state index contributed by atoms with van der Waals surface area (Å²) in [5.74, 6) is -2.47. The molecule has 5 heteroatoms. The van der Waals surface area contributed by atoms with Gasteiger partial charge in [0.1, 0.15) is 0 Å². The quantitative estimate of drug-likeness (QED) is 0.590. The van der Waals surface area contributed by atoms with Crippen molar-refractivity contribution in [2.45, 2.75) is 19.5 Å². The SMILES string of the molecule is COC(=O)CC(C)C(F)(F)F. The molecule has 0 spiro atoms. The number of hydrogen-bond acceptors (Lipinski definition) is 2. The third-order valence-electron chi connectivity index (χ3n) is 1.26. The highest BCUT2D eigenvalue weighted by atomic mass is 19.4. The summed E-state index contributed by atoms with van der Waals surface area (Å²) in [6.45, 7) is 0.941. The van der Waals surface area contributed by atoms with Crippen LogP contribution in [0.5, 0.6) is 0 Å². The second-order valence-electron chi connectivity index (χ2n) is 2.22. The second-order valence-corrected chi connectivity index (χ2v) is 2.22. The summed E-state index contributed by atoms with van der Waals surface area (Å²) < 4.78 is 39.3. The van der Waals surface area contributed by atoms with Gasteiger partial charge in [-0.2, -0.15) is 13.2 Å². The molecule has 0 saturated carbocycles. The van der Waals surface area contributed by atoms with Crippen LogP contribution in [0.2, 0.25) is 0 Å². The van der Waals surface area contributed by atoms with E-state index in [0.29, 0.717) is 0 Å². The predicted molar refractivity (Wildman–Crippen MR) is 31.9 cm³/mol. The first-order chi connectivity index (χ1) is 4.88. The van der Waals surface area contributed by atoms with Gasteiger partial charge in [0.05, 0.1) is 19.4 Å². The minimum atomic E-state index is -4.31. The molecule has 0 aromatic heterocycles. The molecule has 0 rings (SSSR count). The highest BCUT2D eigenvalue weighted by molar-refractivity contribution is 5.69. The molecule has 11 heavy (non-hydrogen) atoms. The Morgan fingerprint density at radius 3 is 2.27 bits per heavy atom. The molecule has 0 aliphatic carbocycles. The molecule has 0 bridgehead atoms. The molecule has 2 nitrogen and oxygen atoms in total. The highest BCUT2D eigenvalue weighted by Crippen LogP contribution is 2.28. The van der Waals surface area contributed by atoms with Gasteiger partial charge in [-0.15, -0.1) is 0 Å². The highest BCUT2D eigenvalue weighted by Gasteiger charge is 2.37. The zero-order valence-corrected chi connectivity index (χ0v) is 6.23. The van der Waals surface area contributed by atoms with Gasteiger partial charge < -0.3 is 4.74 Å². The van der Waals surface area contributed by atoms with Crippen molar-refractivity contribution >= 4 is 5.97 Å². The number of rotatable bonds is 2. The number of halogens is 3. The Bertz CT molecular complexity index is 141. The van der Waals surface area contributed by atoms with E-state index in [-0.39, 0.29) is 0 Å². The number of methoxy groups -OCH3 is 1. The molecule has 0 aromatic carbocycles. The van der Waals surface area contributed by atoms with E-state index in [9.17, 15) is 18.0 Å². The summed E-state index contributed by atoms with van der Waals surface area (Å²) in [6.07, 6.45) is -4.92. The molecule has 66 valence electrons. The maximum atomic E-state index is 11.7. The molecule has 0 aliphatic rings. The Kier molecular flexibility index (Phi) is 3.35. The summed E-state index contributed by atoms with van der Waals surface area (Å²) in [4.78, 5) is 10.3. The van der Waals surface area contributed by atoms with Crippen LogP contribution in [0, 0.1) is 5.92 Å². The first-order valence-electron chi connectivity index (χ1n) is 3.01. The number of carbonyl (C=O) groups excluding carboxylic acids is 1. The molecular formula is C6H9F3O2. The van der Waals surface area contributed by atoms with Gasteiger partial charge in [-0.25, -0.2) is 0 Å². The third-order valence-corrected chi connectivity index (χ3v) is 1.26. The third kappa shape index (κ3) is 3.85. The molecule has 0 fully saturated rings. The lowest BCUT2D eigenvalue weighted by Gasteiger charge is -2.13. The van der Waals surface area contributed by atoms with Crippen LogP contribution in [-0.4, -0.2) is 19.3 Å². The van der Waals surface area contributed by atoms with Crippen LogP contribution in [0.15, 0.2) is 0 Å². The van der Waals surface area contributed by atoms with Gasteiger partial charge in [0.25, 0.3) is 0 Å². The maximum absolute atomic E-state index is 11.7. The summed E-state index contributed by atoms with van der Waals surface area (Å²) in [5.41, 5.74) is 0. The lowest BCUT2D eigenvalue weighted by Crippen LogP contribution is -2.23. The van der Waals surface area contributed by atoms with E-state index >= 15 is 0 Å². The normalized spacial score (nSPS) is 14.3. The van der Waals surface area contributed by atoms with Gasteiger partial charge in [-0.05, 0) is 0 Å². The second kappa shape index (κ2) is 3.59. The van der Waals surface area contributed by atoms with Crippen molar-refractivity contribution in [1.29, 1.82) is 0 Å². The molecule has 1 atom stereocenters. The van der Waals surface area contributed by atoms with Crippen molar-refractivity contribution in [3.63, 3.8) is 0 Å². The van der Waals surface area contributed by atoms with Crippen molar-refractivity contribution in [1.82, 2.24) is 0 Å². The van der Waals surface area contributed by atoms with E-state index in [1.807, 2.05) is 0 Å². The Balaban J connectivity index is 3.87. The van der Waals surface area contributed by atoms with Crippen LogP contribution in [-0.2, 0) is 9.53 Å². The van der Waals surface area contributed by atoms with Crippen LogP contribution < -0.4 is 0 Å². The maximum Gasteiger partial charge on any atom is 0.392 e. The summed E-state index contributed by atoms with van der Waals surface area (Å²) in [7, 11) is 1.06. The van der Waals surface area contributed by atoms with Crippen LogP contribution >= 0.6 is 0 Å². The number of ether oxygens (including phenoxy) is 1. The van der Waals surface area contributed by atoms with Gasteiger partial charge in [0, 0.05) is 0 Å². The molecular weight excluding hydrogens is 161 g/mol. The van der Waals surface area contributed by atoms with Crippen molar-refractivity contribution in [3.8, 4) is 0 Å². The largest absolute Gasteiger partial charge is 0.469 e. The van der Waals surface area contributed by atoms with Gasteiger partial charge >= 0.3 is 12.1 Å². The average molecular weight is 170 g/mol. The fourth-order valence-electron chi connectivity index (χ4n) is 0.449. The standard InChI is InChI=1S/C6H9F3O2/c1-4(6(7,8)9)3-5(10)11-2/h4H,3H2,1-2H3. The van der Waals surface area contributed by atoms with Crippen LogP contribution in [0.1, 0.15) is 13.3 Å². The molecule has 1 unspecified atom stereocenters. The van der Waals surface area contributed by atoms with E-state index in [4.69, 9.17) is 0 Å². The minimum Gasteiger partial charge on any atom is -0.469 e. The van der Waals surface area contributed by atoms with E-state index in [1.165, 1.54) is 0 Å². The fourth-order valence-corrected chi connectivity index (χ4v) is 0.449. The monoisotopic (exact) mass is 170 g/mol. The molecule has 0 amide bonds. The lowest BCUT2D eigenvalue weighted by atomic mass is 10.1. The van der Waals surface area contributed by atoms with E-state index in [1.54, 1.807) is 0 Å². The Labute approximate surface area is 62.3 Å². The molecule has 0 N–H and O–H groups in total. The molecule has 0 aliphatic heterocycles. The van der Waals surface area contributed by atoms with Gasteiger partial charge in [-0.1, -0.05) is 6.92 Å². The van der Waals surface area contributed by atoms with Crippen molar-refractivity contribution in [2.24, 2.45) is 5.92 Å². The topological polar surface area (TPSA) is 26.3 Å². The predicted octanol–water partition coefficient (Wildman–Crippen LogP) is 1.75. The van der Waals surface area contributed by atoms with E-state index in [2.05, 4.69) is 4.74 Å². The zero-order chi connectivity index (χ0) is 9.07. The zero-order valence-electron chi connectivity index (χ0n) is 6.23. The molecule has 0 radical (unpaired) electrons. The number of alkyl halides is 3. The van der Waals surface area contributed by atoms with Gasteiger partial charge in [0.2, 0.25) is 0 Å². The molecule has 0 saturated heterocycles. The lowest BCUT2D eigenvalue weighted by molar-refractivity contribution is -0.179.